The Hall–Kier alpha value is -3.87. The highest BCUT2D eigenvalue weighted by atomic mass is 19.1. The minimum atomic E-state index is -0.379. The minimum Gasteiger partial charge on any atom is -0.285 e. The summed E-state index contributed by atoms with van der Waals surface area (Å²) in [5, 5.41) is 5.37. The van der Waals surface area contributed by atoms with Gasteiger partial charge in [0, 0.05) is 30.4 Å². The first-order valence-corrected chi connectivity index (χ1v) is 9.12. The third kappa shape index (κ3) is 2.97. The third-order valence-corrected chi connectivity index (χ3v) is 4.96. The van der Waals surface area contributed by atoms with Gasteiger partial charge < -0.3 is 0 Å². The highest BCUT2D eigenvalue weighted by molar-refractivity contribution is 5.94. The fourth-order valence-corrected chi connectivity index (χ4v) is 3.58. The van der Waals surface area contributed by atoms with E-state index in [1.807, 2.05) is 37.5 Å². The summed E-state index contributed by atoms with van der Waals surface area (Å²) in [6.45, 7) is 0.0814. The molecule has 0 saturated carbocycles. The summed E-state index contributed by atoms with van der Waals surface area (Å²) in [6.07, 6.45) is 4.75. The molecule has 29 heavy (non-hydrogen) atoms. The van der Waals surface area contributed by atoms with Crippen molar-refractivity contribution in [3.8, 4) is 11.1 Å². The zero-order valence-electron chi connectivity index (χ0n) is 15.6. The molecule has 0 radical (unpaired) electrons. The molecule has 0 aliphatic rings. The summed E-state index contributed by atoms with van der Waals surface area (Å²) in [5.74, 6) is -0.379. The van der Waals surface area contributed by atoms with Crippen LogP contribution in [0, 0.1) is 5.82 Å². The van der Waals surface area contributed by atoms with Gasteiger partial charge in [0.1, 0.15) is 11.3 Å². The quantitative estimate of drug-likeness (QED) is 0.477. The monoisotopic (exact) mass is 385 g/mol. The van der Waals surface area contributed by atoms with E-state index in [0.717, 1.165) is 22.0 Å². The summed E-state index contributed by atoms with van der Waals surface area (Å²) >= 11 is 0. The Labute approximate surface area is 164 Å². The largest absolute Gasteiger partial charge is 0.285 e. The van der Waals surface area contributed by atoms with Crippen LogP contribution in [0.2, 0.25) is 0 Å². The normalized spacial score (nSPS) is 11.4. The number of aryl methyl sites for hydroxylation is 1. The maximum absolute atomic E-state index is 15.0. The summed E-state index contributed by atoms with van der Waals surface area (Å²) in [6, 6.07) is 14.4. The van der Waals surface area contributed by atoms with E-state index < -0.39 is 0 Å². The fraction of sp³-hybridized carbons (Fsp3) is 0.0909. The van der Waals surface area contributed by atoms with Crippen LogP contribution in [0.3, 0.4) is 0 Å². The highest BCUT2D eigenvalue weighted by Gasteiger charge is 2.12. The maximum Gasteiger partial charge on any atom is 0.270 e. The number of halogens is 1. The van der Waals surface area contributed by atoms with Gasteiger partial charge in [0.15, 0.2) is 5.65 Å². The van der Waals surface area contributed by atoms with E-state index in [0.29, 0.717) is 16.7 Å². The van der Waals surface area contributed by atoms with Crippen LogP contribution >= 0.6 is 0 Å². The standard InChI is InChI=1S/C22H16FN5O/c1-27-13-17-16(4-2-5-19(17)26-27)14-7-8-15(18(23)10-14)12-28-21(29)11-25-20-6-3-9-24-22(20)28/h2-11,13H,12H2,1H3. The number of nitrogens with zero attached hydrogens (tertiary/aromatic N) is 5. The molecule has 6 nitrogen and oxygen atoms in total. The first-order chi connectivity index (χ1) is 14.1. The average Bonchev–Trinajstić information content (AvgIpc) is 3.11. The van der Waals surface area contributed by atoms with Gasteiger partial charge in [-0.15, -0.1) is 0 Å². The molecule has 3 aromatic heterocycles. The van der Waals surface area contributed by atoms with Crippen LogP contribution in [0.5, 0.6) is 0 Å². The van der Waals surface area contributed by atoms with Gasteiger partial charge in [-0.2, -0.15) is 5.10 Å². The zero-order chi connectivity index (χ0) is 20.0. The van der Waals surface area contributed by atoms with Crippen LogP contribution in [-0.4, -0.2) is 24.3 Å². The van der Waals surface area contributed by atoms with Gasteiger partial charge >= 0.3 is 0 Å². The molecule has 2 aromatic carbocycles. The summed E-state index contributed by atoms with van der Waals surface area (Å²) in [7, 11) is 1.86. The summed E-state index contributed by atoms with van der Waals surface area (Å²) < 4.78 is 18.2. The van der Waals surface area contributed by atoms with Crippen LogP contribution in [-0.2, 0) is 13.6 Å². The van der Waals surface area contributed by atoms with E-state index in [-0.39, 0.29) is 17.9 Å². The Balaban J connectivity index is 1.58. The smallest absolute Gasteiger partial charge is 0.270 e. The molecule has 0 amide bonds. The van der Waals surface area contributed by atoms with Crippen molar-refractivity contribution in [3.63, 3.8) is 0 Å². The molecule has 7 heteroatoms. The molecule has 0 spiro atoms. The lowest BCUT2D eigenvalue weighted by atomic mass is 10.0. The van der Waals surface area contributed by atoms with Crippen molar-refractivity contribution in [1.82, 2.24) is 24.3 Å². The number of hydrogen-bond acceptors (Lipinski definition) is 4. The minimum absolute atomic E-state index is 0.0814. The fourth-order valence-electron chi connectivity index (χ4n) is 3.58. The van der Waals surface area contributed by atoms with Crippen LogP contribution in [0.4, 0.5) is 4.39 Å². The first-order valence-electron chi connectivity index (χ1n) is 9.12. The van der Waals surface area contributed by atoms with E-state index in [4.69, 9.17) is 0 Å². The van der Waals surface area contributed by atoms with Gasteiger partial charge in [-0.25, -0.2) is 14.4 Å². The summed E-state index contributed by atoms with van der Waals surface area (Å²) in [4.78, 5) is 20.6. The molecular formula is C22H16FN5O. The van der Waals surface area contributed by atoms with E-state index in [2.05, 4.69) is 15.1 Å². The Morgan fingerprint density at radius 3 is 2.76 bits per heavy atom. The van der Waals surface area contributed by atoms with E-state index in [1.54, 1.807) is 29.1 Å². The van der Waals surface area contributed by atoms with Crippen LogP contribution in [0.25, 0.3) is 33.2 Å². The van der Waals surface area contributed by atoms with E-state index in [1.165, 1.54) is 16.8 Å². The molecule has 5 aromatic rings. The highest BCUT2D eigenvalue weighted by Crippen LogP contribution is 2.29. The van der Waals surface area contributed by atoms with Crippen molar-refractivity contribution < 1.29 is 4.39 Å². The molecule has 3 heterocycles. The second kappa shape index (κ2) is 6.63. The summed E-state index contributed by atoms with van der Waals surface area (Å²) in [5.41, 5.74) is 3.64. The van der Waals surface area contributed by atoms with Crippen LogP contribution in [0.1, 0.15) is 5.56 Å². The predicted molar refractivity (Wildman–Crippen MR) is 109 cm³/mol. The topological polar surface area (TPSA) is 65.6 Å². The van der Waals surface area contributed by atoms with Gasteiger partial charge in [-0.1, -0.05) is 24.3 Å². The van der Waals surface area contributed by atoms with Gasteiger partial charge in [0.05, 0.1) is 18.3 Å². The molecule has 0 N–H and O–H groups in total. The second-order valence-electron chi connectivity index (χ2n) is 6.88. The van der Waals surface area contributed by atoms with Crippen molar-refractivity contribution in [2.24, 2.45) is 7.05 Å². The number of hydrogen-bond donors (Lipinski definition) is 0. The van der Waals surface area contributed by atoms with E-state index >= 15 is 0 Å². The number of rotatable bonds is 3. The molecule has 0 saturated heterocycles. The molecule has 0 aliphatic carbocycles. The molecule has 0 bridgehead atoms. The molecule has 0 fully saturated rings. The van der Waals surface area contributed by atoms with Crippen molar-refractivity contribution >= 4 is 22.1 Å². The number of aromatic nitrogens is 5. The Morgan fingerprint density at radius 1 is 1.03 bits per heavy atom. The maximum atomic E-state index is 15.0. The van der Waals surface area contributed by atoms with Crippen molar-refractivity contribution in [3.05, 3.63) is 88.9 Å². The Kier molecular flexibility index (Phi) is 3.94. The van der Waals surface area contributed by atoms with Crippen molar-refractivity contribution in [2.45, 2.75) is 6.54 Å². The van der Waals surface area contributed by atoms with E-state index in [9.17, 15) is 9.18 Å². The number of benzene rings is 2. The van der Waals surface area contributed by atoms with Gasteiger partial charge in [0.25, 0.3) is 5.56 Å². The molecular weight excluding hydrogens is 369 g/mol. The Bertz CT molecular complexity index is 1440. The van der Waals surface area contributed by atoms with Crippen LogP contribution in [0.15, 0.2) is 71.9 Å². The molecule has 0 unspecified atom stereocenters. The number of pyridine rings is 1. The van der Waals surface area contributed by atoms with Crippen molar-refractivity contribution in [1.29, 1.82) is 0 Å². The first kappa shape index (κ1) is 17.2. The molecule has 5 rings (SSSR count). The van der Waals surface area contributed by atoms with Gasteiger partial charge in [-0.05, 0) is 35.4 Å². The third-order valence-electron chi connectivity index (χ3n) is 4.96. The molecule has 142 valence electrons. The second-order valence-corrected chi connectivity index (χ2v) is 6.88. The van der Waals surface area contributed by atoms with Crippen molar-refractivity contribution in [2.75, 3.05) is 0 Å². The number of fused-ring (bicyclic) bond motifs is 2. The predicted octanol–water partition coefficient (Wildman–Crippen LogP) is 3.53. The molecule has 0 atom stereocenters. The lowest BCUT2D eigenvalue weighted by Gasteiger charge is -2.11. The molecule has 0 aliphatic heterocycles. The lowest BCUT2D eigenvalue weighted by molar-refractivity contribution is 0.599. The SMILES string of the molecule is Cn1cc2c(-c3ccc(Cn4c(=O)cnc5cccnc54)c(F)c3)cccc2n1. The van der Waals surface area contributed by atoms with Gasteiger partial charge in [0.2, 0.25) is 0 Å². The Morgan fingerprint density at radius 2 is 1.90 bits per heavy atom. The lowest BCUT2D eigenvalue weighted by Crippen LogP contribution is -2.22. The average molecular weight is 385 g/mol. The van der Waals surface area contributed by atoms with Crippen LogP contribution < -0.4 is 5.56 Å². The van der Waals surface area contributed by atoms with Gasteiger partial charge in [-0.3, -0.25) is 14.0 Å². The zero-order valence-corrected chi connectivity index (χ0v) is 15.6.